The number of hydrogen-bond donors (Lipinski definition) is 2. The molecule has 0 unspecified atom stereocenters. The third-order valence-corrected chi connectivity index (χ3v) is 5.16. The molecule has 5 nitrogen and oxygen atoms in total. The number of amides is 1. The van der Waals surface area contributed by atoms with E-state index in [-0.39, 0.29) is 5.91 Å². The zero-order chi connectivity index (χ0) is 20.4. The van der Waals surface area contributed by atoms with Gasteiger partial charge in [0.1, 0.15) is 11.5 Å². The highest BCUT2D eigenvalue weighted by molar-refractivity contribution is 6.39. The number of halogens is 2. The molecular weight excluding hydrogens is 407 g/mol. The number of aromatic nitrogens is 3. The SMILES string of the molecule is Cc1cc(NC(=O)c2[nH]ccc2-c2c(Cl)cccc2Cl)n(Cc2ccccc2)n1. The van der Waals surface area contributed by atoms with E-state index in [0.717, 1.165) is 11.3 Å². The number of aryl methyl sites for hydroxylation is 1. The number of carbonyl (C=O) groups excluding carboxylic acids is 1. The maximum absolute atomic E-state index is 13.0. The summed E-state index contributed by atoms with van der Waals surface area (Å²) >= 11 is 12.7. The summed E-state index contributed by atoms with van der Waals surface area (Å²) in [5, 5.41) is 8.41. The molecule has 0 saturated carbocycles. The summed E-state index contributed by atoms with van der Waals surface area (Å²) in [5.74, 6) is 0.317. The van der Waals surface area contributed by atoms with E-state index in [1.54, 1.807) is 35.1 Å². The Bertz CT molecular complexity index is 1140. The van der Waals surface area contributed by atoms with Crippen LogP contribution in [-0.4, -0.2) is 20.7 Å². The average molecular weight is 425 g/mol. The summed E-state index contributed by atoms with van der Waals surface area (Å²) in [6.07, 6.45) is 1.69. The summed E-state index contributed by atoms with van der Waals surface area (Å²) in [6.45, 7) is 2.44. The van der Waals surface area contributed by atoms with Crippen LogP contribution in [0.3, 0.4) is 0 Å². The lowest BCUT2D eigenvalue weighted by atomic mass is 10.1. The minimum absolute atomic E-state index is 0.296. The normalized spacial score (nSPS) is 10.9. The first-order valence-corrected chi connectivity index (χ1v) is 9.80. The molecule has 2 N–H and O–H groups in total. The first-order chi connectivity index (χ1) is 14.0. The number of aromatic amines is 1. The molecule has 29 heavy (non-hydrogen) atoms. The van der Waals surface area contributed by atoms with E-state index >= 15 is 0 Å². The molecular formula is C22H18Cl2N4O. The van der Waals surface area contributed by atoms with Gasteiger partial charge in [-0.3, -0.25) is 4.79 Å². The standard InChI is InChI=1S/C22H18Cl2N4O/c1-14-12-19(28(27-14)13-15-6-3-2-4-7-15)26-22(29)21-16(10-11-25-21)20-17(23)8-5-9-18(20)24/h2-12,25H,13H2,1H3,(H,26,29). The van der Waals surface area contributed by atoms with Crippen LogP contribution < -0.4 is 5.32 Å². The number of carbonyl (C=O) groups is 1. The third kappa shape index (κ3) is 4.06. The smallest absolute Gasteiger partial charge is 0.273 e. The van der Waals surface area contributed by atoms with Crippen LogP contribution >= 0.6 is 23.2 Å². The molecule has 0 saturated heterocycles. The lowest BCUT2D eigenvalue weighted by molar-refractivity contribution is 0.102. The molecule has 0 radical (unpaired) electrons. The molecule has 2 aromatic carbocycles. The van der Waals surface area contributed by atoms with Gasteiger partial charge in [-0.1, -0.05) is 59.6 Å². The number of rotatable bonds is 5. The highest BCUT2D eigenvalue weighted by Gasteiger charge is 2.20. The van der Waals surface area contributed by atoms with Gasteiger partial charge < -0.3 is 10.3 Å². The van der Waals surface area contributed by atoms with E-state index in [1.165, 1.54) is 0 Å². The van der Waals surface area contributed by atoms with Crippen molar-refractivity contribution < 1.29 is 4.79 Å². The predicted octanol–water partition coefficient (Wildman–Crippen LogP) is 5.79. The van der Waals surface area contributed by atoms with E-state index in [2.05, 4.69) is 15.4 Å². The molecule has 4 aromatic rings. The minimum atomic E-state index is -0.296. The van der Waals surface area contributed by atoms with Crippen LogP contribution in [0.15, 0.2) is 66.9 Å². The highest BCUT2D eigenvalue weighted by Crippen LogP contribution is 2.36. The molecule has 2 heterocycles. The second-order valence-electron chi connectivity index (χ2n) is 6.63. The molecule has 0 atom stereocenters. The molecule has 146 valence electrons. The van der Waals surface area contributed by atoms with Gasteiger partial charge in [-0.25, -0.2) is 4.68 Å². The zero-order valence-electron chi connectivity index (χ0n) is 15.6. The molecule has 7 heteroatoms. The number of benzene rings is 2. The van der Waals surface area contributed by atoms with Gasteiger partial charge in [-0.05, 0) is 30.7 Å². The fraction of sp³-hybridized carbons (Fsp3) is 0.0909. The Hall–Kier alpha value is -3.02. The number of nitrogens with one attached hydrogen (secondary N) is 2. The fourth-order valence-electron chi connectivity index (χ4n) is 3.22. The van der Waals surface area contributed by atoms with E-state index in [4.69, 9.17) is 23.2 Å². The van der Waals surface area contributed by atoms with Gasteiger partial charge in [-0.2, -0.15) is 5.10 Å². The highest BCUT2D eigenvalue weighted by atomic mass is 35.5. The number of H-pyrrole nitrogens is 1. The summed E-state index contributed by atoms with van der Waals surface area (Å²) < 4.78 is 1.77. The van der Waals surface area contributed by atoms with Crippen molar-refractivity contribution in [3.63, 3.8) is 0 Å². The molecule has 0 spiro atoms. The van der Waals surface area contributed by atoms with E-state index in [0.29, 0.717) is 39.2 Å². The fourth-order valence-corrected chi connectivity index (χ4v) is 3.82. The number of anilines is 1. The molecule has 1 amide bonds. The van der Waals surface area contributed by atoms with Crippen LogP contribution in [0.5, 0.6) is 0 Å². The molecule has 0 aliphatic rings. The van der Waals surface area contributed by atoms with Gasteiger partial charge in [0.15, 0.2) is 0 Å². The van der Waals surface area contributed by atoms with Crippen molar-refractivity contribution in [2.75, 3.05) is 5.32 Å². The molecule has 2 aromatic heterocycles. The van der Waals surface area contributed by atoms with Crippen LogP contribution in [0.25, 0.3) is 11.1 Å². The van der Waals surface area contributed by atoms with Gasteiger partial charge >= 0.3 is 0 Å². The topological polar surface area (TPSA) is 62.7 Å². The third-order valence-electron chi connectivity index (χ3n) is 4.53. The maximum atomic E-state index is 13.0. The van der Waals surface area contributed by atoms with Gasteiger partial charge in [0.2, 0.25) is 0 Å². The number of nitrogens with zero attached hydrogens (tertiary/aromatic N) is 2. The Kier molecular flexibility index (Phi) is 5.43. The molecule has 0 fully saturated rings. The predicted molar refractivity (Wildman–Crippen MR) is 117 cm³/mol. The quantitative estimate of drug-likeness (QED) is 0.425. The van der Waals surface area contributed by atoms with E-state index in [1.807, 2.05) is 43.3 Å². The van der Waals surface area contributed by atoms with E-state index in [9.17, 15) is 4.79 Å². The Morgan fingerprint density at radius 3 is 2.52 bits per heavy atom. The summed E-state index contributed by atoms with van der Waals surface area (Å²) in [6, 6.07) is 18.8. The summed E-state index contributed by atoms with van der Waals surface area (Å²) in [4.78, 5) is 16.0. The number of hydrogen-bond acceptors (Lipinski definition) is 2. The zero-order valence-corrected chi connectivity index (χ0v) is 17.1. The van der Waals surface area contributed by atoms with Gasteiger partial charge in [0, 0.05) is 33.4 Å². The minimum Gasteiger partial charge on any atom is -0.357 e. The monoisotopic (exact) mass is 424 g/mol. The van der Waals surface area contributed by atoms with Crippen LogP contribution in [0, 0.1) is 6.92 Å². The second kappa shape index (κ2) is 8.15. The van der Waals surface area contributed by atoms with Gasteiger partial charge in [0.05, 0.1) is 12.2 Å². The molecule has 0 aliphatic heterocycles. The Morgan fingerprint density at radius 1 is 1.07 bits per heavy atom. The second-order valence-corrected chi connectivity index (χ2v) is 7.45. The summed E-state index contributed by atoms with van der Waals surface area (Å²) in [5.41, 5.74) is 3.55. The lowest BCUT2D eigenvalue weighted by Gasteiger charge is -2.11. The van der Waals surface area contributed by atoms with Crippen LogP contribution in [0.4, 0.5) is 5.82 Å². The Labute approximate surface area is 178 Å². The first-order valence-electron chi connectivity index (χ1n) is 9.04. The van der Waals surface area contributed by atoms with Crippen molar-refractivity contribution in [3.8, 4) is 11.1 Å². The average Bonchev–Trinajstić information content (AvgIpc) is 3.29. The Morgan fingerprint density at radius 2 is 1.79 bits per heavy atom. The lowest BCUT2D eigenvalue weighted by Crippen LogP contribution is -2.17. The summed E-state index contributed by atoms with van der Waals surface area (Å²) in [7, 11) is 0. The van der Waals surface area contributed by atoms with Crippen molar-refractivity contribution in [3.05, 3.63) is 93.9 Å². The van der Waals surface area contributed by atoms with Crippen molar-refractivity contribution >= 4 is 34.9 Å². The van der Waals surface area contributed by atoms with Crippen molar-refractivity contribution in [1.29, 1.82) is 0 Å². The van der Waals surface area contributed by atoms with Gasteiger partial charge in [-0.15, -0.1) is 0 Å². The largest absolute Gasteiger partial charge is 0.357 e. The molecule has 0 aliphatic carbocycles. The van der Waals surface area contributed by atoms with Crippen molar-refractivity contribution in [2.24, 2.45) is 0 Å². The Balaban J connectivity index is 1.63. The molecule has 0 bridgehead atoms. The van der Waals surface area contributed by atoms with Crippen LogP contribution in [-0.2, 0) is 6.54 Å². The maximum Gasteiger partial charge on any atom is 0.273 e. The van der Waals surface area contributed by atoms with Crippen LogP contribution in [0.1, 0.15) is 21.7 Å². The molecule has 4 rings (SSSR count). The first kappa shape index (κ1) is 19.3. The van der Waals surface area contributed by atoms with Crippen molar-refractivity contribution in [2.45, 2.75) is 13.5 Å². The van der Waals surface area contributed by atoms with Crippen LogP contribution in [0.2, 0.25) is 10.0 Å². The van der Waals surface area contributed by atoms with E-state index < -0.39 is 0 Å². The van der Waals surface area contributed by atoms with Crippen molar-refractivity contribution in [1.82, 2.24) is 14.8 Å². The van der Waals surface area contributed by atoms with Gasteiger partial charge in [0.25, 0.3) is 5.91 Å².